The van der Waals surface area contributed by atoms with Crippen molar-refractivity contribution in [1.29, 1.82) is 0 Å². The van der Waals surface area contributed by atoms with E-state index in [1.54, 1.807) is 0 Å². The smallest absolute Gasteiger partial charge is 0.191 e. The molecule has 0 unspecified atom stereocenters. The molecule has 2 aliphatic rings. The predicted octanol–water partition coefficient (Wildman–Crippen LogP) is 2.31. The molecule has 0 amide bonds. The van der Waals surface area contributed by atoms with E-state index >= 15 is 0 Å². The molecule has 6 heteroatoms. The van der Waals surface area contributed by atoms with Crippen LogP contribution in [0.1, 0.15) is 37.3 Å². The molecule has 1 saturated heterocycles. The molecule has 2 fully saturated rings. The Morgan fingerprint density at radius 2 is 1.79 bits per heavy atom. The maximum Gasteiger partial charge on any atom is 0.191 e. The Balaban J connectivity index is 1.38. The summed E-state index contributed by atoms with van der Waals surface area (Å²) in [6.45, 7) is 12.5. The molecule has 1 aliphatic heterocycles. The minimum absolute atomic E-state index is 0.795. The van der Waals surface area contributed by atoms with E-state index in [1.165, 1.54) is 37.1 Å². The number of hydrogen-bond acceptors (Lipinski definition) is 4. The van der Waals surface area contributed by atoms with Gasteiger partial charge in [-0.2, -0.15) is 0 Å². The molecule has 3 rings (SSSR count). The van der Waals surface area contributed by atoms with E-state index in [0.717, 1.165) is 70.8 Å². The molecule has 0 atom stereocenters. The van der Waals surface area contributed by atoms with Crippen molar-refractivity contribution in [1.82, 2.24) is 20.4 Å². The highest BCUT2D eigenvalue weighted by Crippen LogP contribution is 2.28. The minimum Gasteiger partial charge on any atom is -0.381 e. The molecular formula is C23H39N5O. The highest BCUT2D eigenvalue weighted by Gasteiger charge is 2.20. The Labute approximate surface area is 176 Å². The second-order valence-electron chi connectivity index (χ2n) is 8.20. The molecule has 29 heavy (non-hydrogen) atoms. The van der Waals surface area contributed by atoms with Crippen molar-refractivity contribution in [2.75, 3.05) is 59.5 Å². The first-order chi connectivity index (χ1) is 14.3. The lowest BCUT2D eigenvalue weighted by atomic mass is 10.1. The zero-order chi connectivity index (χ0) is 20.3. The largest absolute Gasteiger partial charge is 0.381 e. The lowest BCUT2D eigenvalue weighted by Gasteiger charge is -2.34. The Hall–Kier alpha value is -1.63. The fourth-order valence-electron chi connectivity index (χ4n) is 3.70. The van der Waals surface area contributed by atoms with Crippen molar-refractivity contribution in [2.24, 2.45) is 10.9 Å². The first-order valence-corrected chi connectivity index (χ1v) is 11.3. The molecule has 1 heterocycles. The molecule has 1 saturated carbocycles. The molecule has 0 spiro atoms. The number of piperazine rings is 1. The lowest BCUT2D eigenvalue weighted by Crippen LogP contribution is -2.45. The number of nitrogens with zero attached hydrogens (tertiary/aromatic N) is 3. The Morgan fingerprint density at radius 3 is 2.48 bits per heavy atom. The van der Waals surface area contributed by atoms with E-state index in [2.05, 4.69) is 56.6 Å². The van der Waals surface area contributed by atoms with Gasteiger partial charge in [0.05, 0.1) is 0 Å². The molecule has 6 nitrogen and oxygen atoms in total. The maximum atomic E-state index is 5.70. The van der Waals surface area contributed by atoms with Crippen LogP contribution in [0.5, 0.6) is 0 Å². The van der Waals surface area contributed by atoms with E-state index in [-0.39, 0.29) is 0 Å². The number of guanidine groups is 1. The van der Waals surface area contributed by atoms with Crippen molar-refractivity contribution in [2.45, 2.75) is 39.3 Å². The van der Waals surface area contributed by atoms with Gasteiger partial charge in [0, 0.05) is 66.1 Å². The average Bonchev–Trinajstić information content (AvgIpc) is 3.58. The molecule has 0 aromatic heterocycles. The van der Waals surface area contributed by atoms with Gasteiger partial charge in [0.15, 0.2) is 5.96 Å². The first-order valence-electron chi connectivity index (χ1n) is 11.3. The van der Waals surface area contributed by atoms with Crippen LogP contribution in [0.3, 0.4) is 0 Å². The van der Waals surface area contributed by atoms with Gasteiger partial charge in [-0.15, -0.1) is 0 Å². The fourth-order valence-corrected chi connectivity index (χ4v) is 3.70. The van der Waals surface area contributed by atoms with Crippen LogP contribution in [-0.4, -0.2) is 75.3 Å². The van der Waals surface area contributed by atoms with E-state index in [1.807, 2.05) is 7.05 Å². The summed E-state index contributed by atoms with van der Waals surface area (Å²) in [5.41, 5.74) is 2.76. The maximum absolute atomic E-state index is 5.70. The Kier molecular flexibility index (Phi) is 9.25. The van der Waals surface area contributed by atoms with E-state index in [9.17, 15) is 0 Å². The number of benzene rings is 1. The van der Waals surface area contributed by atoms with Gasteiger partial charge in [-0.05, 0) is 42.9 Å². The van der Waals surface area contributed by atoms with Crippen molar-refractivity contribution in [3.8, 4) is 0 Å². The number of ether oxygens (including phenoxy) is 1. The molecular weight excluding hydrogens is 362 g/mol. The van der Waals surface area contributed by atoms with Gasteiger partial charge in [0.25, 0.3) is 0 Å². The molecule has 0 bridgehead atoms. The third-order valence-electron chi connectivity index (χ3n) is 5.90. The van der Waals surface area contributed by atoms with Crippen molar-refractivity contribution >= 4 is 5.96 Å². The van der Waals surface area contributed by atoms with Crippen LogP contribution in [0.4, 0.5) is 0 Å². The molecule has 162 valence electrons. The molecule has 1 aliphatic carbocycles. The normalized spacial score (nSPS) is 18.8. The highest BCUT2D eigenvalue weighted by molar-refractivity contribution is 5.79. The topological polar surface area (TPSA) is 52.1 Å². The fraction of sp³-hybridized carbons (Fsp3) is 0.696. The molecule has 0 radical (unpaired) electrons. The summed E-state index contributed by atoms with van der Waals surface area (Å²) in [4.78, 5) is 9.45. The van der Waals surface area contributed by atoms with Gasteiger partial charge in [0.2, 0.25) is 0 Å². The van der Waals surface area contributed by atoms with Crippen LogP contribution in [0.15, 0.2) is 29.3 Å². The van der Waals surface area contributed by atoms with Gasteiger partial charge in [-0.1, -0.05) is 31.2 Å². The summed E-state index contributed by atoms with van der Waals surface area (Å²) >= 11 is 0. The van der Waals surface area contributed by atoms with Crippen LogP contribution in [0.2, 0.25) is 0 Å². The monoisotopic (exact) mass is 401 g/mol. The molecule has 1 aromatic rings. The lowest BCUT2D eigenvalue weighted by molar-refractivity contribution is 0.123. The Morgan fingerprint density at radius 1 is 1.07 bits per heavy atom. The standard InChI is InChI=1S/C23H39N5O/c1-3-27-12-14-28(15-13-27)18-22-8-5-4-7-21(22)17-26-23(24-2)25-11-6-16-29-19-20-9-10-20/h4-5,7-8,20H,3,6,9-19H2,1-2H3,(H2,24,25,26). The van der Waals surface area contributed by atoms with Gasteiger partial charge in [-0.3, -0.25) is 9.89 Å². The first kappa shape index (κ1) is 22.1. The summed E-state index contributed by atoms with van der Waals surface area (Å²) in [7, 11) is 1.83. The number of likely N-dealkylation sites (N-methyl/N-ethyl adjacent to an activating group) is 1. The second kappa shape index (κ2) is 12.2. The summed E-state index contributed by atoms with van der Waals surface area (Å²) in [5.74, 6) is 1.70. The van der Waals surface area contributed by atoms with E-state index in [4.69, 9.17) is 4.74 Å². The van der Waals surface area contributed by atoms with Crippen LogP contribution >= 0.6 is 0 Å². The number of rotatable bonds is 11. The Bertz CT molecular complexity index is 623. The van der Waals surface area contributed by atoms with Crippen molar-refractivity contribution in [3.05, 3.63) is 35.4 Å². The van der Waals surface area contributed by atoms with Gasteiger partial charge >= 0.3 is 0 Å². The number of hydrogen-bond donors (Lipinski definition) is 2. The van der Waals surface area contributed by atoms with E-state index < -0.39 is 0 Å². The van der Waals surface area contributed by atoms with E-state index in [0.29, 0.717) is 0 Å². The highest BCUT2D eigenvalue weighted by atomic mass is 16.5. The third kappa shape index (κ3) is 7.96. The van der Waals surface area contributed by atoms with Gasteiger partial charge in [-0.25, -0.2) is 0 Å². The second-order valence-corrected chi connectivity index (χ2v) is 8.20. The van der Waals surface area contributed by atoms with Crippen LogP contribution < -0.4 is 10.6 Å². The van der Waals surface area contributed by atoms with Crippen LogP contribution in [0.25, 0.3) is 0 Å². The quantitative estimate of drug-likeness (QED) is 0.339. The zero-order valence-electron chi connectivity index (χ0n) is 18.3. The molecule has 2 N–H and O–H groups in total. The summed E-state index contributed by atoms with van der Waals surface area (Å²) in [6, 6.07) is 8.76. The number of aliphatic imine (C=N–C) groups is 1. The SMILES string of the molecule is CCN1CCN(Cc2ccccc2CNC(=NC)NCCCOCC2CC2)CC1. The van der Waals surface area contributed by atoms with Crippen molar-refractivity contribution in [3.63, 3.8) is 0 Å². The van der Waals surface area contributed by atoms with Gasteiger partial charge < -0.3 is 20.3 Å². The molecule has 1 aromatic carbocycles. The zero-order valence-corrected chi connectivity index (χ0v) is 18.3. The summed E-state index contributed by atoms with van der Waals surface area (Å²) < 4.78 is 5.70. The van der Waals surface area contributed by atoms with Crippen LogP contribution in [0, 0.1) is 5.92 Å². The predicted molar refractivity (Wildman–Crippen MR) is 120 cm³/mol. The number of nitrogens with one attached hydrogen (secondary N) is 2. The third-order valence-corrected chi connectivity index (χ3v) is 5.90. The van der Waals surface area contributed by atoms with Crippen molar-refractivity contribution < 1.29 is 4.74 Å². The summed E-state index contributed by atoms with van der Waals surface area (Å²) in [6.07, 6.45) is 3.71. The van der Waals surface area contributed by atoms with Crippen LogP contribution in [-0.2, 0) is 17.8 Å². The minimum atomic E-state index is 0.795. The summed E-state index contributed by atoms with van der Waals surface area (Å²) in [5, 5.41) is 6.87. The van der Waals surface area contributed by atoms with Gasteiger partial charge in [0.1, 0.15) is 0 Å². The average molecular weight is 402 g/mol.